The van der Waals surface area contributed by atoms with Crippen LogP contribution in [0.15, 0.2) is 24.3 Å². The van der Waals surface area contributed by atoms with Gasteiger partial charge in [-0.15, -0.1) is 0 Å². The Morgan fingerprint density at radius 1 is 1.19 bits per heavy atom. The summed E-state index contributed by atoms with van der Waals surface area (Å²) in [4.78, 5) is 48.0. The number of amides is 3. The first-order chi connectivity index (χ1) is 12.6. The molecule has 3 amide bonds. The second kappa shape index (κ2) is 8.02. The summed E-state index contributed by atoms with van der Waals surface area (Å²) in [6.07, 6.45) is 0.522. The molecule has 0 saturated carbocycles. The number of ether oxygens (including phenoxy) is 1. The highest BCUT2D eigenvalue weighted by atomic mass is 16.6. The van der Waals surface area contributed by atoms with Crippen molar-refractivity contribution in [3.8, 4) is 0 Å². The van der Waals surface area contributed by atoms with Gasteiger partial charge in [0.1, 0.15) is 11.6 Å². The lowest BCUT2D eigenvalue weighted by Crippen LogP contribution is -2.52. The number of hydrogen-bond acceptors (Lipinski definition) is 6. The molecule has 27 heavy (non-hydrogen) atoms. The summed E-state index contributed by atoms with van der Waals surface area (Å²) in [5.41, 5.74) is 3.86. The van der Waals surface area contributed by atoms with Gasteiger partial charge in [0.15, 0.2) is 0 Å². The average Bonchev–Trinajstić information content (AvgIpc) is 3.08. The zero-order valence-corrected chi connectivity index (χ0v) is 15.4. The molecule has 1 aliphatic rings. The van der Waals surface area contributed by atoms with E-state index in [4.69, 9.17) is 4.74 Å². The van der Waals surface area contributed by atoms with E-state index in [1.54, 1.807) is 20.8 Å². The predicted octanol–water partition coefficient (Wildman–Crippen LogP) is 1.76. The number of carbonyl (C=O) groups is 3. The van der Waals surface area contributed by atoms with Gasteiger partial charge >= 0.3 is 6.09 Å². The maximum absolute atomic E-state index is 12.3. The highest BCUT2D eigenvalue weighted by Gasteiger charge is 2.36. The van der Waals surface area contributed by atoms with Crippen LogP contribution in [0.1, 0.15) is 44.0 Å². The lowest BCUT2D eigenvalue weighted by Gasteiger charge is -2.28. The number of non-ortho nitro benzene ring substituents is 1. The quantitative estimate of drug-likeness (QED) is 0.609. The molecule has 0 aromatic heterocycles. The lowest BCUT2D eigenvalue weighted by atomic mass is 10.2. The Morgan fingerprint density at radius 3 is 2.37 bits per heavy atom. The van der Waals surface area contributed by atoms with Gasteiger partial charge in [-0.3, -0.25) is 35.5 Å². The zero-order valence-electron chi connectivity index (χ0n) is 15.4. The van der Waals surface area contributed by atoms with Crippen LogP contribution in [0.4, 0.5) is 10.5 Å². The smallest absolute Gasteiger partial charge is 0.410 e. The van der Waals surface area contributed by atoms with Gasteiger partial charge in [0.05, 0.1) is 4.92 Å². The summed E-state index contributed by atoms with van der Waals surface area (Å²) in [5, 5.41) is 10.6. The van der Waals surface area contributed by atoms with Gasteiger partial charge in [0, 0.05) is 24.2 Å². The molecule has 0 bridgehead atoms. The molecule has 1 aromatic rings. The molecule has 0 unspecified atom stereocenters. The third kappa shape index (κ3) is 5.40. The first-order valence-electron chi connectivity index (χ1n) is 8.43. The van der Waals surface area contributed by atoms with E-state index in [-0.39, 0.29) is 11.3 Å². The molecule has 2 rings (SSSR count). The van der Waals surface area contributed by atoms with Crippen molar-refractivity contribution in [2.75, 3.05) is 6.54 Å². The molecule has 146 valence electrons. The number of hydrogen-bond donors (Lipinski definition) is 2. The van der Waals surface area contributed by atoms with Gasteiger partial charge < -0.3 is 4.74 Å². The van der Waals surface area contributed by atoms with E-state index >= 15 is 0 Å². The van der Waals surface area contributed by atoms with Crippen molar-refractivity contribution in [3.05, 3.63) is 39.9 Å². The minimum Gasteiger partial charge on any atom is -0.444 e. The number of hydrazine groups is 1. The van der Waals surface area contributed by atoms with Crippen molar-refractivity contribution >= 4 is 23.6 Å². The third-order valence-corrected chi connectivity index (χ3v) is 3.82. The normalized spacial score (nSPS) is 16.6. The number of nitrogens with one attached hydrogen (secondary N) is 2. The van der Waals surface area contributed by atoms with Gasteiger partial charge in [-0.05, 0) is 45.7 Å². The van der Waals surface area contributed by atoms with E-state index in [1.165, 1.54) is 29.2 Å². The van der Waals surface area contributed by atoms with Crippen molar-refractivity contribution in [1.82, 2.24) is 15.8 Å². The Labute approximate surface area is 156 Å². The van der Waals surface area contributed by atoms with E-state index < -0.39 is 34.5 Å². The second-order valence-electron chi connectivity index (χ2n) is 7.08. The van der Waals surface area contributed by atoms with Gasteiger partial charge in [0.2, 0.25) is 0 Å². The molecule has 0 aliphatic carbocycles. The topological polar surface area (TPSA) is 131 Å². The molecular formula is C17H22N4O6. The van der Waals surface area contributed by atoms with Gasteiger partial charge in [0.25, 0.3) is 17.5 Å². The van der Waals surface area contributed by atoms with Crippen LogP contribution in [0.2, 0.25) is 0 Å². The second-order valence-corrected chi connectivity index (χ2v) is 7.08. The molecule has 1 aromatic carbocycles. The van der Waals surface area contributed by atoms with Crippen LogP contribution >= 0.6 is 0 Å². The van der Waals surface area contributed by atoms with Crippen LogP contribution in [-0.4, -0.2) is 45.9 Å². The van der Waals surface area contributed by atoms with E-state index in [2.05, 4.69) is 10.9 Å². The lowest BCUT2D eigenvalue weighted by molar-refractivity contribution is -0.384. The molecule has 0 radical (unpaired) electrons. The molecule has 1 heterocycles. The van der Waals surface area contributed by atoms with Gasteiger partial charge in [-0.25, -0.2) is 4.79 Å². The SMILES string of the molecule is CC(C)(C)OC(=O)N1CCC[C@H]1C(=O)NNC(=O)c1ccc([N+](=O)[O-])cc1. The maximum atomic E-state index is 12.3. The van der Waals surface area contributed by atoms with Crippen LogP contribution in [0.3, 0.4) is 0 Å². The minimum absolute atomic E-state index is 0.144. The van der Waals surface area contributed by atoms with Crippen molar-refractivity contribution in [2.45, 2.75) is 45.3 Å². The largest absolute Gasteiger partial charge is 0.444 e. The maximum Gasteiger partial charge on any atom is 0.410 e. The van der Waals surface area contributed by atoms with Crippen molar-refractivity contribution in [1.29, 1.82) is 0 Å². The predicted molar refractivity (Wildman–Crippen MR) is 94.7 cm³/mol. The van der Waals surface area contributed by atoms with Crippen molar-refractivity contribution in [3.63, 3.8) is 0 Å². The van der Waals surface area contributed by atoms with Crippen molar-refractivity contribution in [2.24, 2.45) is 0 Å². The molecule has 1 saturated heterocycles. The fraction of sp³-hybridized carbons (Fsp3) is 0.471. The van der Waals surface area contributed by atoms with Gasteiger partial charge in [-0.1, -0.05) is 0 Å². The third-order valence-electron chi connectivity index (χ3n) is 3.82. The van der Waals surface area contributed by atoms with Crippen LogP contribution in [0, 0.1) is 10.1 Å². The Morgan fingerprint density at radius 2 is 1.81 bits per heavy atom. The summed E-state index contributed by atoms with van der Waals surface area (Å²) in [6, 6.07) is 4.21. The number of benzene rings is 1. The van der Waals surface area contributed by atoms with Crippen LogP contribution < -0.4 is 10.9 Å². The number of nitrogens with zero attached hydrogens (tertiary/aromatic N) is 2. The minimum atomic E-state index is -0.739. The summed E-state index contributed by atoms with van der Waals surface area (Å²) in [7, 11) is 0. The van der Waals surface area contributed by atoms with E-state index in [1.807, 2.05) is 0 Å². The number of nitro groups is 1. The Bertz CT molecular complexity index is 741. The van der Waals surface area contributed by atoms with Crippen LogP contribution in [0.5, 0.6) is 0 Å². The molecule has 2 N–H and O–H groups in total. The first-order valence-corrected chi connectivity index (χ1v) is 8.43. The summed E-state index contributed by atoms with van der Waals surface area (Å²) >= 11 is 0. The fourth-order valence-electron chi connectivity index (χ4n) is 2.59. The highest BCUT2D eigenvalue weighted by molar-refractivity contribution is 5.96. The first kappa shape index (κ1) is 20.1. The van der Waals surface area contributed by atoms with E-state index in [9.17, 15) is 24.5 Å². The summed E-state index contributed by atoms with van der Waals surface area (Å²) in [5.74, 6) is -1.16. The van der Waals surface area contributed by atoms with Crippen LogP contribution in [-0.2, 0) is 9.53 Å². The summed E-state index contributed by atoms with van der Waals surface area (Å²) in [6.45, 7) is 5.60. The van der Waals surface area contributed by atoms with E-state index in [0.29, 0.717) is 19.4 Å². The monoisotopic (exact) mass is 378 g/mol. The Balaban J connectivity index is 1.93. The van der Waals surface area contributed by atoms with Crippen LogP contribution in [0.25, 0.3) is 0 Å². The number of nitro benzene ring substituents is 1. The standard InChI is InChI=1S/C17H22N4O6/c1-17(2,3)27-16(24)20-10-4-5-13(20)15(23)19-18-14(22)11-6-8-12(9-7-11)21(25)26/h6-9,13H,4-5,10H2,1-3H3,(H,18,22)(H,19,23)/t13-/m0/s1. The van der Waals surface area contributed by atoms with Gasteiger partial charge in [-0.2, -0.15) is 0 Å². The summed E-state index contributed by atoms with van der Waals surface area (Å²) < 4.78 is 5.29. The number of rotatable bonds is 3. The number of carbonyl (C=O) groups excluding carboxylic acids is 3. The van der Waals surface area contributed by atoms with E-state index in [0.717, 1.165) is 0 Å². The molecule has 0 spiro atoms. The Kier molecular flexibility index (Phi) is 5.98. The molecule has 1 atom stereocenters. The Hall–Kier alpha value is -3.17. The number of likely N-dealkylation sites (tertiary alicyclic amines) is 1. The average molecular weight is 378 g/mol. The zero-order chi connectivity index (χ0) is 20.2. The molecule has 1 fully saturated rings. The molecule has 10 nitrogen and oxygen atoms in total. The molecule has 1 aliphatic heterocycles. The highest BCUT2D eigenvalue weighted by Crippen LogP contribution is 2.21. The fourth-order valence-corrected chi connectivity index (χ4v) is 2.59. The van der Waals surface area contributed by atoms with Crippen molar-refractivity contribution < 1.29 is 24.0 Å². The molecular weight excluding hydrogens is 356 g/mol. The molecule has 10 heteroatoms.